The monoisotopic (exact) mass is 1870 g/mol. The minimum atomic E-state index is -4.34. The van der Waals surface area contributed by atoms with Crippen molar-refractivity contribution in [3.05, 3.63) is 185 Å². The zero-order valence-corrected chi connectivity index (χ0v) is 76.6. The van der Waals surface area contributed by atoms with Gasteiger partial charge in [0, 0.05) is 155 Å². The summed E-state index contributed by atoms with van der Waals surface area (Å²) in [7, 11) is -8.68. The normalized spacial score (nSPS) is 22.9. The zero-order chi connectivity index (χ0) is 93.1. The summed E-state index contributed by atoms with van der Waals surface area (Å²) in [6.07, 6.45) is 7.50. The van der Waals surface area contributed by atoms with E-state index in [4.69, 9.17) is 48.5 Å². The maximum Gasteiger partial charge on any atom is 0.472 e. The van der Waals surface area contributed by atoms with Gasteiger partial charge < -0.3 is 101 Å². The number of hydrogen-bond donors (Lipinski definition) is 10. The highest BCUT2D eigenvalue weighted by molar-refractivity contribution is 7.47. The third kappa shape index (κ3) is 17.7. The maximum absolute atomic E-state index is 13.8. The number of nitrogens with one attached hydrogen (secondary N) is 4. The number of ether oxygens (including phenoxy) is 4. The van der Waals surface area contributed by atoms with Crippen LogP contribution in [0.1, 0.15) is 203 Å². The van der Waals surface area contributed by atoms with Crippen molar-refractivity contribution in [3.63, 3.8) is 0 Å². The second-order valence-corrected chi connectivity index (χ2v) is 38.0. The molecule has 10 atom stereocenters. The van der Waals surface area contributed by atoms with E-state index >= 15 is 0 Å². The average Bonchev–Trinajstić information content (AvgIpc) is 1.08. The third-order valence-electron chi connectivity index (χ3n) is 27.0. The van der Waals surface area contributed by atoms with Gasteiger partial charge in [-0.25, -0.2) is 48.2 Å². The summed E-state index contributed by atoms with van der Waals surface area (Å²) in [6, 6.07) is 26.5. The smallest absolute Gasteiger partial charge is 0.472 e. The van der Waals surface area contributed by atoms with Crippen molar-refractivity contribution < 1.29 is 95.6 Å². The van der Waals surface area contributed by atoms with Crippen LogP contribution in [0.25, 0.3) is 33.5 Å². The molecule has 12 N–H and O–H groups in total. The highest BCUT2D eigenvalue weighted by atomic mass is 31.2. The van der Waals surface area contributed by atoms with Crippen LogP contribution >= 0.6 is 15.6 Å². The van der Waals surface area contributed by atoms with Crippen LogP contribution in [-0.4, -0.2) is 211 Å². The molecule has 4 aromatic heterocycles. The number of imidazole rings is 2. The van der Waals surface area contributed by atoms with Crippen molar-refractivity contribution in [2.45, 2.75) is 180 Å². The van der Waals surface area contributed by atoms with Crippen LogP contribution < -0.4 is 92.5 Å². The second kappa shape index (κ2) is 38.1. The molecule has 40 heteroatoms. The first-order valence-corrected chi connectivity index (χ1v) is 49.3. The Labute approximate surface area is 769 Å². The Hall–Kier alpha value is -11.9. The Morgan fingerprint density at radius 3 is 1.40 bits per heavy atom. The SMILES string of the molecule is CCN1CCCc2cc3c(cc21)Oc1cc2c(cc1=C3c1cc(C(=O)NCCCCCCNc3nc4c(N)ncnc4n3[C@@H]3O[C@@H]4COP(=O)(O)O[C@H]4[C@H]3O)ccc1C(=O)[O-])CCC[N+]=2CC.CCN1CCCc2cc3c(cc21)Oc1cc2c(cc1=C3c1ccc(C(=O)NCCCCCCNc3nc4c(N)ncnc4n3[C@@H]3O[C@@H]4COP(=O)(O)O[C@H]4[C@H]3O)cc1C(=O)[O-])CCC[N+]=2CC. The molecule has 0 aliphatic carbocycles. The van der Waals surface area contributed by atoms with Crippen LogP contribution in [0.15, 0.2) is 97.6 Å². The molecule has 20 rings (SSSR count). The molecule has 38 nitrogen and oxygen atoms in total. The molecule has 0 radical (unpaired) electrons. The topological polar surface area (TPSA) is 503 Å². The molecule has 2 unspecified atom stereocenters. The number of aromatic carboxylic acids is 2. The summed E-state index contributed by atoms with van der Waals surface area (Å²) in [5.74, 6) is 0.130. The van der Waals surface area contributed by atoms with E-state index < -0.39 is 76.7 Å². The summed E-state index contributed by atoms with van der Waals surface area (Å²) in [6.45, 7) is 17.1. The fourth-order valence-corrected chi connectivity index (χ4v) is 22.3. The van der Waals surface area contributed by atoms with Crippen molar-refractivity contribution in [2.75, 3.05) is 124 Å². The van der Waals surface area contributed by atoms with Crippen molar-refractivity contribution in [1.82, 2.24) is 58.8 Å². The number of aromatic nitrogens is 8. The number of nitrogens with two attached hydrogens (primary N) is 2. The minimum absolute atomic E-state index is 0.00138. The van der Waals surface area contributed by atoms with Crippen LogP contribution in [0.4, 0.5) is 34.9 Å². The first kappa shape index (κ1) is 91.2. The van der Waals surface area contributed by atoms with Gasteiger partial charge in [0.2, 0.25) is 22.6 Å². The first-order valence-electron chi connectivity index (χ1n) is 46.3. The van der Waals surface area contributed by atoms with Gasteiger partial charge in [0.15, 0.2) is 46.4 Å². The van der Waals surface area contributed by atoms with E-state index in [0.717, 1.165) is 185 Å². The number of aliphatic hydroxyl groups excluding tert-OH is 2. The number of anilines is 6. The van der Waals surface area contributed by atoms with E-state index in [-0.39, 0.29) is 53.4 Å². The Morgan fingerprint density at radius 2 is 0.940 bits per heavy atom. The molecule has 10 aliphatic rings. The first-order chi connectivity index (χ1) is 64.8. The molecule has 4 saturated heterocycles. The molecule has 0 spiro atoms. The number of rotatable bonds is 28. The molecule has 0 saturated carbocycles. The number of carbonyl (C=O) groups is 4. The number of amides is 2. The fraction of sp³-hybridized carbons (Fsp3) is 0.447. The molecular weight excluding hydrogens is 1760 g/mol. The van der Waals surface area contributed by atoms with Crippen LogP contribution in [0.5, 0.6) is 23.0 Å². The van der Waals surface area contributed by atoms with E-state index in [0.29, 0.717) is 125 Å². The number of hydrogen-bond acceptors (Lipinski definition) is 30. The average molecular weight is 1870 g/mol. The summed E-state index contributed by atoms with van der Waals surface area (Å²) in [5.41, 5.74) is 24.9. The predicted octanol–water partition coefficient (Wildman–Crippen LogP) is 5.06. The number of aliphatic hydroxyl groups is 2. The maximum atomic E-state index is 13.8. The highest BCUT2D eigenvalue weighted by Crippen LogP contribution is 2.55. The second-order valence-electron chi connectivity index (χ2n) is 35.1. The molecule has 4 fully saturated rings. The van der Waals surface area contributed by atoms with Crippen LogP contribution in [0, 0.1) is 0 Å². The van der Waals surface area contributed by atoms with E-state index in [9.17, 15) is 58.5 Å². The van der Waals surface area contributed by atoms with Crippen molar-refractivity contribution in [1.29, 1.82) is 0 Å². The standard InChI is InChI=1S/2C47H54N9O10P/c1-3-54-17-9-11-26-19-31-35(22-33(26)54)64-36-23-34-27(12-10-18-55(34)4-2)20-32(36)38(31)30-21-28(13-14-29(30)46(59)60)44(58)49-15-7-5-6-8-16-50-47-53-39-42(48)51-25-52-43(39)56(47)45-40(57)41-37(65-45)24-63-67(61,62)66-41;1-3-54-17-9-11-26-19-31-35(22-33(26)54)64-36-23-34-27(12-10-18-55(34)4-2)20-32(36)38(31)29-14-13-28(21-30(29)46(59)60)44(58)49-15-7-5-6-8-16-50-47-53-39-42(48)51-25-52-43(39)56(47)45-40(57)41-37(65-45)24-63-67(61,62)66-41/h13-14,19-23,25,37,40-41,45,57H,3-12,15-18,24H2,1-2H3,(H5-,48,49,50,51,52,53,58,59,60,61,62);13-14,19-23,25,37,40-41,45,48-49,57H,3-12,15-18,24H2,1-2H3,(H3,58,59,60,61,62)/t2*37-,40-,41-,45-/m11/s1. The lowest BCUT2D eigenvalue weighted by molar-refractivity contribution is -0.256. The zero-order valence-electron chi connectivity index (χ0n) is 74.8. The minimum Gasteiger partial charge on any atom is -0.545 e. The molecule has 14 heterocycles. The third-order valence-corrected chi connectivity index (χ3v) is 28.9. The number of unbranched alkanes of at least 4 members (excludes halogenated alkanes) is 6. The number of nitrogens with zero attached hydrogens (tertiary/aromatic N) is 12. The molecule has 2 amide bonds. The van der Waals surface area contributed by atoms with Gasteiger partial charge in [-0.05, 0) is 163 Å². The fourth-order valence-electron chi connectivity index (χ4n) is 20.3. The van der Waals surface area contributed by atoms with Crippen molar-refractivity contribution >= 4 is 108 Å². The van der Waals surface area contributed by atoms with Crippen LogP contribution in [0.2, 0.25) is 0 Å². The van der Waals surface area contributed by atoms with Gasteiger partial charge in [-0.3, -0.25) is 36.8 Å². The van der Waals surface area contributed by atoms with Crippen molar-refractivity contribution in [2.24, 2.45) is 0 Å². The van der Waals surface area contributed by atoms with Gasteiger partial charge in [-0.1, -0.05) is 37.8 Å². The molecule has 704 valence electrons. The van der Waals surface area contributed by atoms with E-state index in [2.05, 4.69) is 146 Å². The summed E-state index contributed by atoms with van der Waals surface area (Å²) in [4.78, 5) is 104. The number of aryl methyl sites for hydroxylation is 4. The molecule has 10 aliphatic heterocycles. The number of carbonyl (C=O) groups excluding carboxylic acids is 4. The quantitative estimate of drug-likeness (QED) is 0.0174. The lowest BCUT2D eigenvalue weighted by Gasteiger charge is -2.33. The van der Waals surface area contributed by atoms with Gasteiger partial charge in [0.25, 0.3) is 11.8 Å². The lowest BCUT2D eigenvalue weighted by Crippen LogP contribution is -2.39. The van der Waals surface area contributed by atoms with Crippen molar-refractivity contribution in [3.8, 4) is 23.0 Å². The number of phosphoric ester groups is 2. The predicted molar refractivity (Wildman–Crippen MR) is 491 cm³/mol. The van der Waals surface area contributed by atoms with E-state index in [1.165, 1.54) is 57.7 Å². The number of carboxylic acids is 2. The van der Waals surface area contributed by atoms with Gasteiger partial charge in [0.05, 0.1) is 37.3 Å². The summed E-state index contributed by atoms with van der Waals surface area (Å²) >= 11 is 0. The molecule has 134 heavy (non-hydrogen) atoms. The molecule has 10 aromatic rings. The number of nitrogen functional groups attached to an aromatic ring is 2. The Morgan fingerprint density at radius 1 is 0.500 bits per heavy atom. The van der Waals surface area contributed by atoms with E-state index in [1.54, 1.807) is 22.8 Å². The molecule has 6 aromatic carbocycles. The summed E-state index contributed by atoms with van der Waals surface area (Å²) < 4.78 is 77.6. The summed E-state index contributed by atoms with van der Waals surface area (Å²) in [5, 5.41) is 64.7. The van der Waals surface area contributed by atoms with Crippen LogP contribution in [-0.2, 0) is 62.4 Å². The van der Waals surface area contributed by atoms with Gasteiger partial charge in [0.1, 0.15) is 98.5 Å². The van der Waals surface area contributed by atoms with Gasteiger partial charge in [-0.15, -0.1) is 0 Å². The lowest BCUT2D eigenvalue weighted by atomic mass is 9.85. The number of benzene rings is 6. The Kier molecular flexibility index (Phi) is 25.9. The number of carboxylic acid groups (broad SMARTS) is 2. The number of fused-ring (bicyclic) bond motifs is 12. The van der Waals surface area contributed by atoms with Crippen LogP contribution in [0.3, 0.4) is 0 Å². The van der Waals surface area contributed by atoms with Gasteiger partial charge in [-0.2, -0.15) is 0 Å². The number of phosphoric acid groups is 2. The molecule has 0 bridgehead atoms. The van der Waals surface area contributed by atoms with E-state index in [1.807, 2.05) is 0 Å². The Bertz CT molecular complexity index is 6750. The highest BCUT2D eigenvalue weighted by Gasteiger charge is 2.55. The van der Waals surface area contributed by atoms with Gasteiger partial charge >= 0.3 is 15.6 Å². The Balaban J connectivity index is 0.000000172. The molecular formula is C94H108N18O20P2. The largest absolute Gasteiger partial charge is 0.545 e.